The van der Waals surface area contributed by atoms with Crippen LogP contribution in [0, 0.1) is 0 Å². The van der Waals surface area contributed by atoms with Crippen molar-refractivity contribution in [3.63, 3.8) is 0 Å². The highest BCUT2D eigenvalue weighted by Crippen LogP contribution is 2.35. The van der Waals surface area contributed by atoms with E-state index in [1.165, 1.54) is 5.56 Å². The van der Waals surface area contributed by atoms with Crippen LogP contribution in [0.1, 0.15) is 30.6 Å². The number of halogens is 1. The highest BCUT2D eigenvalue weighted by Gasteiger charge is 2.26. The lowest BCUT2D eigenvalue weighted by Gasteiger charge is -2.28. The number of alkyl halides is 1. The van der Waals surface area contributed by atoms with Crippen molar-refractivity contribution in [2.45, 2.75) is 44.3 Å². The Morgan fingerprint density at radius 1 is 1.29 bits per heavy atom. The summed E-state index contributed by atoms with van der Waals surface area (Å²) < 4.78 is 25.7. The van der Waals surface area contributed by atoms with Gasteiger partial charge in [0, 0.05) is 42.2 Å². The molecule has 2 aliphatic rings. The predicted octanol–water partition coefficient (Wildman–Crippen LogP) is 5.09. The minimum absolute atomic E-state index is 0.339. The van der Waals surface area contributed by atoms with Gasteiger partial charge in [-0.3, -0.25) is 9.89 Å². The number of likely N-dealkylation sites (N-methyl/N-ethyl adjacent to an activating group) is 1. The third-order valence-electron chi connectivity index (χ3n) is 6.87. The Kier molecular flexibility index (Phi) is 6.52. The first-order valence-electron chi connectivity index (χ1n) is 11.9. The van der Waals surface area contributed by atoms with Crippen molar-refractivity contribution < 1.29 is 13.5 Å². The topological polar surface area (TPSA) is 66.1 Å². The fraction of sp³-hybridized carbons (Fsp3) is 0.462. The first kappa shape index (κ1) is 22.8. The summed E-state index contributed by atoms with van der Waals surface area (Å²) >= 11 is 0. The van der Waals surface area contributed by atoms with Gasteiger partial charge in [-0.05, 0) is 76.8 Å². The molecule has 0 spiro atoms. The third-order valence-corrected chi connectivity index (χ3v) is 6.87. The van der Waals surface area contributed by atoms with Crippen LogP contribution in [-0.4, -0.2) is 67.6 Å². The predicted molar refractivity (Wildman–Crippen MR) is 134 cm³/mol. The van der Waals surface area contributed by atoms with Crippen LogP contribution in [-0.2, 0) is 12.8 Å². The lowest BCUT2D eigenvalue weighted by atomic mass is 9.91. The molecule has 5 rings (SSSR count). The summed E-state index contributed by atoms with van der Waals surface area (Å²) in [6, 6.07) is 10.2. The van der Waals surface area contributed by atoms with Gasteiger partial charge in [-0.15, -0.1) is 0 Å². The van der Waals surface area contributed by atoms with Crippen LogP contribution in [0.5, 0.6) is 5.75 Å². The Morgan fingerprint density at radius 2 is 2.18 bits per heavy atom. The highest BCUT2D eigenvalue weighted by atomic mass is 19.1. The maximum atomic E-state index is 13.6. The van der Waals surface area contributed by atoms with Crippen molar-refractivity contribution in [3.8, 4) is 5.75 Å². The largest absolute Gasteiger partial charge is 0.476 e. The number of hydrogen-bond donors (Lipinski definition) is 1. The van der Waals surface area contributed by atoms with Gasteiger partial charge in [-0.2, -0.15) is 4.98 Å². The standard InChI is InChI=1S/C26H32FN5O2/c1-28-22-13-18(6-9-24(22)33-16-32-12-4-5-17(27)15-32)29-25-11-8-20-21-14-19(31(2)3)7-10-23(21)34-26(20)30-25/h6,8-9,11,13,17,19H,1,4-5,7,10,12,14-16H2,2-3H3,(H,29,30). The smallest absolute Gasteiger partial charge is 0.228 e. The van der Waals surface area contributed by atoms with Crippen molar-refractivity contribution in [2.75, 3.05) is 39.2 Å². The van der Waals surface area contributed by atoms with Gasteiger partial charge in [0.2, 0.25) is 5.71 Å². The van der Waals surface area contributed by atoms with Crippen LogP contribution in [0.15, 0.2) is 39.7 Å². The highest BCUT2D eigenvalue weighted by molar-refractivity contribution is 5.82. The fourth-order valence-electron chi connectivity index (χ4n) is 4.91. The molecule has 0 bridgehead atoms. The molecule has 7 nitrogen and oxygen atoms in total. The van der Waals surface area contributed by atoms with Crippen LogP contribution < -0.4 is 10.1 Å². The number of pyridine rings is 1. The normalized spacial score (nSPS) is 20.9. The van der Waals surface area contributed by atoms with Crippen LogP contribution in [0.25, 0.3) is 11.1 Å². The van der Waals surface area contributed by atoms with E-state index in [2.05, 4.69) is 42.1 Å². The zero-order valence-corrected chi connectivity index (χ0v) is 19.9. The number of rotatable bonds is 7. The van der Waals surface area contributed by atoms with E-state index in [-0.39, 0.29) is 0 Å². The number of anilines is 2. The second kappa shape index (κ2) is 9.72. The molecule has 2 atom stereocenters. The average Bonchev–Trinajstić information content (AvgIpc) is 3.20. The molecule has 8 heteroatoms. The van der Waals surface area contributed by atoms with E-state index >= 15 is 0 Å². The maximum absolute atomic E-state index is 13.6. The molecule has 0 radical (unpaired) electrons. The van der Waals surface area contributed by atoms with Crippen molar-refractivity contribution in [1.82, 2.24) is 14.8 Å². The quantitative estimate of drug-likeness (QED) is 0.490. The van der Waals surface area contributed by atoms with E-state index in [9.17, 15) is 4.39 Å². The number of ether oxygens (including phenoxy) is 1. The zero-order valence-electron chi connectivity index (χ0n) is 19.9. The molecule has 1 aromatic carbocycles. The van der Waals surface area contributed by atoms with Crippen molar-refractivity contribution in [2.24, 2.45) is 4.99 Å². The van der Waals surface area contributed by atoms with E-state index in [1.54, 1.807) is 0 Å². The van der Waals surface area contributed by atoms with Gasteiger partial charge in [0.1, 0.15) is 35.9 Å². The third kappa shape index (κ3) is 4.79. The van der Waals surface area contributed by atoms with Crippen LogP contribution >= 0.6 is 0 Å². The first-order chi connectivity index (χ1) is 16.5. The number of aryl methyl sites for hydroxylation is 1. The second-order valence-electron chi connectivity index (χ2n) is 9.47. The number of aromatic nitrogens is 1. The number of likely N-dealkylation sites (tertiary alicyclic amines) is 1. The molecular formula is C26H32FN5O2. The summed E-state index contributed by atoms with van der Waals surface area (Å²) in [5, 5.41) is 4.43. The van der Waals surface area contributed by atoms with Gasteiger partial charge in [0.15, 0.2) is 0 Å². The summed E-state index contributed by atoms with van der Waals surface area (Å²) in [5.74, 6) is 2.39. The molecule has 2 aromatic heterocycles. The fourth-order valence-corrected chi connectivity index (χ4v) is 4.91. The Labute approximate surface area is 199 Å². The van der Waals surface area contributed by atoms with E-state index in [1.807, 2.05) is 29.2 Å². The van der Waals surface area contributed by atoms with Gasteiger partial charge in [-0.25, -0.2) is 4.39 Å². The molecule has 1 fully saturated rings. The van der Waals surface area contributed by atoms with E-state index in [4.69, 9.17) is 14.1 Å². The molecule has 0 saturated carbocycles. The van der Waals surface area contributed by atoms with Crippen molar-refractivity contribution in [1.29, 1.82) is 0 Å². The molecule has 1 saturated heterocycles. The molecule has 1 aliphatic carbocycles. The molecule has 3 heterocycles. The van der Waals surface area contributed by atoms with Crippen LogP contribution in [0.2, 0.25) is 0 Å². The lowest BCUT2D eigenvalue weighted by Crippen LogP contribution is -2.38. The monoisotopic (exact) mass is 465 g/mol. The SMILES string of the molecule is C=Nc1cc(Nc2ccc3c4c(oc3n2)CCC(N(C)C)C4)ccc1OCN1CCCC(F)C1. The number of hydrogen-bond acceptors (Lipinski definition) is 7. The van der Waals surface area contributed by atoms with Gasteiger partial charge >= 0.3 is 0 Å². The second-order valence-corrected chi connectivity index (χ2v) is 9.47. The minimum atomic E-state index is -0.778. The Bertz CT molecular complexity index is 1180. The van der Waals surface area contributed by atoms with Gasteiger partial charge in [0.25, 0.3) is 0 Å². The van der Waals surface area contributed by atoms with Crippen molar-refractivity contribution >= 4 is 35.0 Å². The Hall–Kier alpha value is -2.97. The summed E-state index contributed by atoms with van der Waals surface area (Å²) in [6.45, 7) is 5.27. The molecule has 1 N–H and O–H groups in total. The molecule has 2 unspecified atom stereocenters. The number of furan rings is 1. The van der Waals surface area contributed by atoms with Crippen LogP contribution in [0.3, 0.4) is 0 Å². The van der Waals surface area contributed by atoms with E-state index in [0.29, 0.717) is 48.7 Å². The molecule has 180 valence electrons. The number of fused-ring (bicyclic) bond motifs is 3. The summed E-state index contributed by atoms with van der Waals surface area (Å²) in [6.07, 6.45) is 3.74. The molecule has 1 aliphatic heterocycles. The van der Waals surface area contributed by atoms with Gasteiger partial charge in [-0.1, -0.05) is 0 Å². The number of piperidine rings is 1. The lowest BCUT2D eigenvalue weighted by molar-refractivity contribution is 0.0671. The van der Waals surface area contributed by atoms with Gasteiger partial charge in [0.05, 0.1) is 0 Å². The summed E-state index contributed by atoms with van der Waals surface area (Å²) in [4.78, 5) is 13.1. The Morgan fingerprint density at radius 3 is 2.97 bits per heavy atom. The van der Waals surface area contributed by atoms with Gasteiger partial charge < -0.3 is 19.4 Å². The van der Waals surface area contributed by atoms with Crippen molar-refractivity contribution in [3.05, 3.63) is 41.7 Å². The number of nitrogens with zero attached hydrogens (tertiary/aromatic N) is 4. The molecule has 0 amide bonds. The first-order valence-corrected chi connectivity index (χ1v) is 11.9. The molecule has 34 heavy (non-hydrogen) atoms. The minimum Gasteiger partial charge on any atom is -0.476 e. The maximum Gasteiger partial charge on any atom is 0.228 e. The zero-order chi connectivity index (χ0) is 23.7. The van der Waals surface area contributed by atoms with E-state index < -0.39 is 6.17 Å². The average molecular weight is 466 g/mol. The number of benzene rings is 1. The summed E-state index contributed by atoms with van der Waals surface area (Å²) in [5.41, 5.74) is 3.41. The summed E-state index contributed by atoms with van der Waals surface area (Å²) in [7, 11) is 4.27. The number of aliphatic imine (C=N–C) groups is 1. The number of nitrogens with one attached hydrogen (secondary N) is 1. The molecule has 3 aromatic rings. The van der Waals surface area contributed by atoms with E-state index in [0.717, 1.165) is 49.1 Å². The Balaban J connectivity index is 1.29. The molecular weight excluding hydrogens is 433 g/mol. The van der Waals surface area contributed by atoms with Crippen LogP contribution in [0.4, 0.5) is 21.6 Å².